The number of benzene rings is 1. The summed E-state index contributed by atoms with van der Waals surface area (Å²) < 4.78 is 7.39. The number of nitrogens with two attached hydrogens (primary N) is 1. The van der Waals surface area contributed by atoms with Crippen molar-refractivity contribution in [1.82, 2.24) is 9.78 Å². The van der Waals surface area contributed by atoms with Crippen LogP contribution in [0.25, 0.3) is 0 Å². The summed E-state index contributed by atoms with van der Waals surface area (Å²) in [5.41, 5.74) is 8.56. The molecule has 0 saturated carbocycles. The molecule has 2 aromatic rings. The van der Waals surface area contributed by atoms with E-state index in [1.54, 1.807) is 4.68 Å². The number of aromatic nitrogens is 2. The lowest BCUT2D eigenvalue weighted by Gasteiger charge is -2.07. The van der Waals surface area contributed by atoms with Gasteiger partial charge in [0.25, 0.3) is 0 Å². The van der Waals surface area contributed by atoms with E-state index in [0.717, 1.165) is 17.9 Å². The molecular weight excluding hydrogens is 214 g/mol. The van der Waals surface area contributed by atoms with Gasteiger partial charge in [0.2, 0.25) is 5.88 Å². The van der Waals surface area contributed by atoms with E-state index in [-0.39, 0.29) is 0 Å². The highest BCUT2D eigenvalue weighted by Gasteiger charge is 2.11. The molecule has 0 aliphatic heterocycles. The zero-order valence-corrected chi connectivity index (χ0v) is 10.4. The molecule has 0 fully saturated rings. The lowest BCUT2D eigenvalue weighted by Crippen LogP contribution is -1.97. The summed E-state index contributed by atoms with van der Waals surface area (Å²) in [6, 6.07) is 7.99. The van der Waals surface area contributed by atoms with Gasteiger partial charge in [-0.05, 0) is 31.0 Å². The second kappa shape index (κ2) is 4.49. The van der Waals surface area contributed by atoms with Crippen LogP contribution in [0.1, 0.15) is 18.2 Å². The van der Waals surface area contributed by atoms with Crippen LogP contribution in [0, 0.1) is 6.92 Å². The number of rotatable bonds is 3. The maximum absolute atomic E-state index is 5.90. The van der Waals surface area contributed by atoms with Crippen LogP contribution in [0.3, 0.4) is 0 Å². The molecule has 0 amide bonds. The van der Waals surface area contributed by atoms with Crippen LogP contribution in [0.2, 0.25) is 0 Å². The van der Waals surface area contributed by atoms with E-state index in [1.807, 2.05) is 26.1 Å². The molecule has 0 unspecified atom stereocenters. The molecule has 90 valence electrons. The van der Waals surface area contributed by atoms with Crippen molar-refractivity contribution in [2.24, 2.45) is 7.05 Å². The molecule has 4 heteroatoms. The molecule has 1 heterocycles. The molecule has 0 radical (unpaired) electrons. The van der Waals surface area contributed by atoms with Crippen LogP contribution in [-0.2, 0) is 13.5 Å². The van der Waals surface area contributed by atoms with Gasteiger partial charge in [0.1, 0.15) is 11.4 Å². The zero-order chi connectivity index (χ0) is 12.4. The van der Waals surface area contributed by atoms with Gasteiger partial charge < -0.3 is 10.5 Å². The molecule has 2 rings (SSSR count). The molecule has 0 aliphatic carbocycles. The Morgan fingerprint density at radius 2 is 1.94 bits per heavy atom. The molecular formula is C13H17N3O. The summed E-state index contributed by atoms with van der Waals surface area (Å²) in [5.74, 6) is 1.36. The van der Waals surface area contributed by atoms with E-state index in [9.17, 15) is 0 Å². The van der Waals surface area contributed by atoms with E-state index in [4.69, 9.17) is 10.5 Å². The van der Waals surface area contributed by atoms with Crippen LogP contribution in [0.4, 0.5) is 5.69 Å². The first-order valence-corrected chi connectivity index (χ1v) is 5.67. The first-order valence-electron chi connectivity index (χ1n) is 5.67. The minimum atomic E-state index is 0.590. The lowest BCUT2D eigenvalue weighted by molar-refractivity contribution is 0.432. The van der Waals surface area contributed by atoms with Gasteiger partial charge in [0.15, 0.2) is 0 Å². The van der Waals surface area contributed by atoms with Gasteiger partial charge in [-0.15, -0.1) is 0 Å². The quantitative estimate of drug-likeness (QED) is 0.883. The zero-order valence-electron chi connectivity index (χ0n) is 10.4. The molecule has 0 spiro atoms. The number of hydrogen-bond donors (Lipinski definition) is 1. The number of anilines is 1. The maximum Gasteiger partial charge on any atom is 0.241 e. The molecule has 0 aliphatic rings. The highest BCUT2D eigenvalue weighted by Crippen LogP contribution is 2.29. The molecule has 0 bridgehead atoms. The monoisotopic (exact) mass is 231 g/mol. The van der Waals surface area contributed by atoms with E-state index >= 15 is 0 Å². The van der Waals surface area contributed by atoms with Crippen molar-refractivity contribution in [3.05, 3.63) is 35.5 Å². The smallest absolute Gasteiger partial charge is 0.241 e. The van der Waals surface area contributed by atoms with Gasteiger partial charge >= 0.3 is 0 Å². The van der Waals surface area contributed by atoms with Crippen molar-refractivity contribution in [1.29, 1.82) is 0 Å². The Balaban J connectivity index is 2.25. The third-order valence-electron chi connectivity index (χ3n) is 2.76. The highest BCUT2D eigenvalue weighted by atomic mass is 16.5. The molecule has 4 nitrogen and oxygen atoms in total. The van der Waals surface area contributed by atoms with Crippen molar-refractivity contribution >= 4 is 5.69 Å². The van der Waals surface area contributed by atoms with Gasteiger partial charge in [-0.1, -0.05) is 19.1 Å². The minimum Gasteiger partial charge on any atom is -0.437 e. The summed E-state index contributed by atoms with van der Waals surface area (Å²) in [5, 5.41) is 4.21. The summed E-state index contributed by atoms with van der Waals surface area (Å²) in [4.78, 5) is 0. The van der Waals surface area contributed by atoms with Crippen molar-refractivity contribution in [3.8, 4) is 11.6 Å². The van der Waals surface area contributed by atoms with E-state index in [1.165, 1.54) is 5.56 Å². The van der Waals surface area contributed by atoms with E-state index in [0.29, 0.717) is 11.6 Å². The minimum absolute atomic E-state index is 0.590. The molecule has 1 aromatic heterocycles. The van der Waals surface area contributed by atoms with Crippen molar-refractivity contribution in [2.75, 3.05) is 5.73 Å². The Kier molecular flexibility index (Phi) is 3.04. The number of nitrogen functional groups attached to an aromatic ring is 1. The molecule has 17 heavy (non-hydrogen) atoms. The second-order valence-corrected chi connectivity index (χ2v) is 4.03. The van der Waals surface area contributed by atoms with Crippen LogP contribution >= 0.6 is 0 Å². The molecule has 1 aromatic carbocycles. The fourth-order valence-corrected chi connectivity index (χ4v) is 1.68. The summed E-state index contributed by atoms with van der Waals surface area (Å²) in [6.07, 6.45) is 1.02. The highest BCUT2D eigenvalue weighted by molar-refractivity contribution is 5.53. The third-order valence-corrected chi connectivity index (χ3v) is 2.76. The van der Waals surface area contributed by atoms with Crippen LogP contribution in [-0.4, -0.2) is 9.78 Å². The Hall–Kier alpha value is -1.97. The van der Waals surface area contributed by atoms with Gasteiger partial charge in [-0.25, -0.2) is 4.68 Å². The number of ether oxygens (including phenoxy) is 1. The molecule has 0 saturated heterocycles. The fraction of sp³-hybridized carbons (Fsp3) is 0.308. The fourth-order valence-electron chi connectivity index (χ4n) is 1.68. The Labute approximate surface area is 101 Å². The van der Waals surface area contributed by atoms with Crippen LogP contribution in [0.15, 0.2) is 24.3 Å². The Bertz CT molecular complexity index is 514. The molecule has 0 atom stereocenters. The van der Waals surface area contributed by atoms with Gasteiger partial charge in [-0.2, -0.15) is 5.10 Å². The van der Waals surface area contributed by atoms with Gasteiger partial charge in [-0.3, -0.25) is 0 Å². The second-order valence-electron chi connectivity index (χ2n) is 4.03. The normalized spacial score (nSPS) is 10.5. The molecule has 2 N–H and O–H groups in total. The standard InChI is InChI=1S/C13H17N3O/c1-4-10-5-7-11(8-6-10)17-13-12(14)9(2)15-16(13)3/h5-8H,4,14H2,1-3H3. The van der Waals surface area contributed by atoms with Crippen LogP contribution in [0.5, 0.6) is 11.6 Å². The van der Waals surface area contributed by atoms with E-state index in [2.05, 4.69) is 24.2 Å². The topological polar surface area (TPSA) is 53.1 Å². The average molecular weight is 231 g/mol. The van der Waals surface area contributed by atoms with Crippen molar-refractivity contribution < 1.29 is 4.74 Å². The summed E-state index contributed by atoms with van der Waals surface area (Å²) in [6.45, 7) is 3.99. The predicted molar refractivity (Wildman–Crippen MR) is 68.3 cm³/mol. The summed E-state index contributed by atoms with van der Waals surface area (Å²) >= 11 is 0. The first kappa shape index (κ1) is 11.5. The SMILES string of the molecule is CCc1ccc(Oc2c(N)c(C)nn2C)cc1. The Morgan fingerprint density at radius 1 is 1.29 bits per heavy atom. The van der Waals surface area contributed by atoms with Crippen molar-refractivity contribution in [3.63, 3.8) is 0 Å². The maximum atomic E-state index is 5.90. The summed E-state index contributed by atoms with van der Waals surface area (Å²) in [7, 11) is 1.82. The predicted octanol–water partition coefficient (Wildman–Crippen LogP) is 2.67. The van der Waals surface area contributed by atoms with Gasteiger partial charge in [0, 0.05) is 7.05 Å². The average Bonchev–Trinajstić information content (AvgIpc) is 2.57. The number of nitrogens with zero attached hydrogens (tertiary/aromatic N) is 2. The lowest BCUT2D eigenvalue weighted by atomic mass is 10.2. The number of hydrogen-bond acceptors (Lipinski definition) is 3. The van der Waals surface area contributed by atoms with Crippen molar-refractivity contribution in [2.45, 2.75) is 20.3 Å². The number of aryl methyl sites for hydroxylation is 3. The first-order chi connectivity index (χ1) is 8.11. The van der Waals surface area contributed by atoms with Crippen LogP contribution < -0.4 is 10.5 Å². The van der Waals surface area contributed by atoms with Gasteiger partial charge in [0.05, 0.1) is 5.69 Å². The third kappa shape index (κ3) is 2.25. The Morgan fingerprint density at radius 3 is 2.41 bits per heavy atom. The largest absolute Gasteiger partial charge is 0.437 e. The van der Waals surface area contributed by atoms with E-state index < -0.39 is 0 Å².